The summed E-state index contributed by atoms with van der Waals surface area (Å²) >= 11 is 0. The third-order valence-corrected chi connectivity index (χ3v) is 7.20. The molecule has 0 unspecified atom stereocenters. The summed E-state index contributed by atoms with van der Waals surface area (Å²) in [7, 11) is 1.75. The number of fused-ring (bicyclic) bond motifs is 5. The highest BCUT2D eigenvalue weighted by molar-refractivity contribution is 5.47. The Labute approximate surface area is 138 Å². The van der Waals surface area contributed by atoms with Gasteiger partial charge < -0.3 is 10.1 Å². The lowest BCUT2D eigenvalue weighted by Gasteiger charge is -2.50. The zero-order valence-electron chi connectivity index (χ0n) is 14.2. The highest BCUT2D eigenvalue weighted by Gasteiger charge is 2.54. The number of hydrogen-bond acceptors (Lipinski definition) is 2. The van der Waals surface area contributed by atoms with Gasteiger partial charge in [-0.25, -0.2) is 0 Å². The average molecular weight is 313 g/mol. The van der Waals surface area contributed by atoms with Gasteiger partial charge >= 0.3 is 0 Å². The first-order valence-corrected chi connectivity index (χ1v) is 9.04. The molecular weight excluding hydrogens is 286 g/mol. The van der Waals surface area contributed by atoms with E-state index < -0.39 is 0 Å². The Kier molecular flexibility index (Phi) is 3.62. The van der Waals surface area contributed by atoms with E-state index >= 15 is 0 Å². The lowest BCUT2D eigenvalue weighted by Crippen LogP contribution is -2.48. The molecule has 0 bridgehead atoms. The molecule has 0 saturated heterocycles. The molecule has 2 saturated carbocycles. The van der Waals surface area contributed by atoms with Crippen molar-refractivity contribution in [2.24, 2.45) is 17.3 Å². The molecule has 0 aromatic heterocycles. The van der Waals surface area contributed by atoms with E-state index in [-0.39, 0.29) is 0 Å². The minimum Gasteiger partial charge on any atom is -0.497 e. The summed E-state index contributed by atoms with van der Waals surface area (Å²) in [5.41, 5.74) is 3.36. The van der Waals surface area contributed by atoms with Crippen molar-refractivity contribution < 1.29 is 9.53 Å². The van der Waals surface area contributed by atoms with Crippen LogP contribution in [0.3, 0.4) is 0 Å². The fraction of sp³-hybridized carbons (Fsp3) is 0.650. The minimum atomic E-state index is 0.298. The maximum atomic E-state index is 11.0. The second kappa shape index (κ2) is 5.54. The van der Waals surface area contributed by atoms with Crippen LogP contribution in [0.5, 0.6) is 5.75 Å². The van der Waals surface area contributed by atoms with E-state index in [0.29, 0.717) is 17.4 Å². The van der Waals surface area contributed by atoms with Crippen molar-refractivity contribution in [1.29, 1.82) is 0 Å². The summed E-state index contributed by atoms with van der Waals surface area (Å²) in [5.74, 6) is 3.23. The van der Waals surface area contributed by atoms with Crippen LogP contribution in [0.2, 0.25) is 0 Å². The molecule has 0 spiro atoms. The second-order valence-electron chi connectivity index (χ2n) is 7.94. The van der Waals surface area contributed by atoms with Gasteiger partial charge in [-0.1, -0.05) is 13.0 Å². The second-order valence-corrected chi connectivity index (χ2v) is 7.94. The molecule has 2 fully saturated rings. The van der Waals surface area contributed by atoms with E-state index in [2.05, 4.69) is 30.4 Å². The summed E-state index contributed by atoms with van der Waals surface area (Å²) in [4.78, 5) is 11.0. The number of methoxy groups -OCH3 is 1. The Balaban J connectivity index is 1.64. The topological polar surface area (TPSA) is 38.3 Å². The predicted octanol–water partition coefficient (Wildman–Crippen LogP) is 3.67. The van der Waals surface area contributed by atoms with Gasteiger partial charge in [-0.15, -0.1) is 0 Å². The number of benzene rings is 1. The molecule has 0 aliphatic heterocycles. The van der Waals surface area contributed by atoms with Crippen molar-refractivity contribution in [2.45, 2.75) is 57.4 Å². The third-order valence-electron chi connectivity index (χ3n) is 7.20. The van der Waals surface area contributed by atoms with Gasteiger partial charge in [0.1, 0.15) is 5.75 Å². The lowest BCUT2D eigenvalue weighted by atomic mass is 9.55. The van der Waals surface area contributed by atoms with Gasteiger partial charge in [0, 0.05) is 6.04 Å². The summed E-state index contributed by atoms with van der Waals surface area (Å²) in [6.07, 6.45) is 8.29. The van der Waals surface area contributed by atoms with Crippen molar-refractivity contribution in [3.05, 3.63) is 29.3 Å². The Hall–Kier alpha value is -1.51. The van der Waals surface area contributed by atoms with Gasteiger partial charge in [-0.3, -0.25) is 4.79 Å². The molecule has 1 aromatic carbocycles. The van der Waals surface area contributed by atoms with Crippen LogP contribution in [0.4, 0.5) is 0 Å². The summed E-state index contributed by atoms with van der Waals surface area (Å²) in [5, 5.41) is 3.12. The molecule has 5 atom stereocenters. The van der Waals surface area contributed by atoms with Crippen LogP contribution in [-0.2, 0) is 11.2 Å². The van der Waals surface area contributed by atoms with Crippen LogP contribution in [-0.4, -0.2) is 19.6 Å². The average Bonchev–Trinajstić information content (AvgIpc) is 2.91. The molecule has 3 aliphatic rings. The van der Waals surface area contributed by atoms with Gasteiger partial charge in [0.15, 0.2) is 0 Å². The molecule has 23 heavy (non-hydrogen) atoms. The molecule has 1 N–H and O–H groups in total. The molecule has 4 rings (SSSR count). The van der Waals surface area contributed by atoms with E-state index in [1.54, 1.807) is 12.7 Å². The van der Waals surface area contributed by atoms with Crippen molar-refractivity contribution >= 4 is 6.41 Å². The van der Waals surface area contributed by atoms with Gasteiger partial charge in [-0.2, -0.15) is 0 Å². The quantitative estimate of drug-likeness (QED) is 0.865. The number of ether oxygens (including phenoxy) is 1. The van der Waals surface area contributed by atoms with Crippen molar-refractivity contribution in [2.75, 3.05) is 7.11 Å². The largest absolute Gasteiger partial charge is 0.497 e. The van der Waals surface area contributed by atoms with E-state index in [1.165, 1.54) is 37.7 Å². The molecule has 1 aromatic rings. The van der Waals surface area contributed by atoms with E-state index in [9.17, 15) is 4.79 Å². The first-order valence-electron chi connectivity index (χ1n) is 9.04. The lowest BCUT2D eigenvalue weighted by molar-refractivity contribution is -0.111. The number of carbonyl (C=O) groups excluding carboxylic acids is 1. The van der Waals surface area contributed by atoms with Gasteiger partial charge in [0.05, 0.1) is 7.11 Å². The number of hydrogen-bond donors (Lipinski definition) is 1. The Bertz CT molecular complexity index is 614. The fourth-order valence-electron chi connectivity index (χ4n) is 6.04. The van der Waals surface area contributed by atoms with Crippen LogP contribution in [0.25, 0.3) is 0 Å². The summed E-state index contributed by atoms with van der Waals surface area (Å²) in [6, 6.07) is 7.05. The molecule has 3 heteroatoms. The van der Waals surface area contributed by atoms with Crippen LogP contribution in [0, 0.1) is 17.3 Å². The van der Waals surface area contributed by atoms with Crippen LogP contribution < -0.4 is 10.1 Å². The minimum absolute atomic E-state index is 0.298. The van der Waals surface area contributed by atoms with Crippen molar-refractivity contribution in [3.63, 3.8) is 0 Å². The molecular formula is C20H27NO2. The standard InChI is InChI=1S/C20H27NO2/c1-20-10-9-16-15-6-4-14(23-2)11-13(15)3-5-17(16)18(20)7-8-19(20)21-12-22/h4,6,11-12,16-19H,3,5,7-10H2,1-2H3,(H,21,22)/t16-,17-,18+,19+,20+/m1/s1. The first kappa shape index (κ1) is 15.0. The van der Waals surface area contributed by atoms with E-state index in [4.69, 9.17) is 4.74 Å². The highest BCUT2D eigenvalue weighted by atomic mass is 16.5. The van der Waals surface area contributed by atoms with E-state index in [0.717, 1.165) is 30.4 Å². The Morgan fingerprint density at radius 3 is 2.91 bits per heavy atom. The zero-order chi connectivity index (χ0) is 16.0. The number of carbonyl (C=O) groups is 1. The normalized spacial score (nSPS) is 38.2. The van der Waals surface area contributed by atoms with Crippen molar-refractivity contribution in [3.8, 4) is 5.75 Å². The maximum absolute atomic E-state index is 11.0. The molecule has 124 valence electrons. The zero-order valence-corrected chi connectivity index (χ0v) is 14.2. The van der Waals surface area contributed by atoms with Gasteiger partial charge in [0.2, 0.25) is 6.41 Å². The summed E-state index contributed by atoms with van der Waals surface area (Å²) in [6.45, 7) is 2.42. The summed E-state index contributed by atoms with van der Waals surface area (Å²) < 4.78 is 5.40. The number of aryl methyl sites for hydroxylation is 1. The van der Waals surface area contributed by atoms with Crippen molar-refractivity contribution in [1.82, 2.24) is 5.32 Å². The Morgan fingerprint density at radius 2 is 2.13 bits per heavy atom. The molecule has 3 aliphatic carbocycles. The van der Waals surface area contributed by atoms with Crippen LogP contribution in [0.1, 0.15) is 56.1 Å². The third kappa shape index (κ3) is 2.20. The first-order chi connectivity index (χ1) is 11.2. The number of nitrogens with one attached hydrogen (secondary N) is 1. The predicted molar refractivity (Wildman–Crippen MR) is 90.6 cm³/mol. The maximum Gasteiger partial charge on any atom is 0.207 e. The monoisotopic (exact) mass is 313 g/mol. The van der Waals surface area contributed by atoms with Crippen LogP contribution in [0.15, 0.2) is 18.2 Å². The van der Waals surface area contributed by atoms with Crippen LogP contribution >= 0.6 is 0 Å². The molecule has 0 radical (unpaired) electrons. The highest BCUT2D eigenvalue weighted by Crippen LogP contribution is 2.60. The number of amides is 1. The SMILES string of the molecule is COc1ccc2c(c1)CC[C@@H]1[C@@H]2CC[C@]2(C)[C@@H](NC=O)CC[C@@H]12. The molecule has 0 heterocycles. The molecule has 3 nitrogen and oxygen atoms in total. The molecule has 1 amide bonds. The number of rotatable bonds is 3. The van der Waals surface area contributed by atoms with Gasteiger partial charge in [0.25, 0.3) is 0 Å². The van der Waals surface area contributed by atoms with Gasteiger partial charge in [-0.05, 0) is 85.0 Å². The Morgan fingerprint density at radius 1 is 1.26 bits per heavy atom. The smallest absolute Gasteiger partial charge is 0.207 e. The van der Waals surface area contributed by atoms with E-state index in [1.807, 2.05) is 0 Å². The fourth-order valence-corrected chi connectivity index (χ4v) is 6.04.